The predicted molar refractivity (Wildman–Crippen MR) is 81.3 cm³/mol. The summed E-state index contributed by atoms with van der Waals surface area (Å²) in [5.41, 5.74) is 3.45. The van der Waals surface area contributed by atoms with Crippen LogP contribution >= 0.6 is 11.6 Å². The predicted octanol–water partition coefficient (Wildman–Crippen LogP) is 3.73. The number of halogens is 1. The normalized spacial score (nSPS) is 11.9. The summed E-state index contributed by atoms with van der Waals surface area (Å²) in [5.74, 6) is 0. The van der Waals surface area contributed by atoms with E-state index in [-0.39, 0.29) is 0 Å². The van der Waals surface area contributed by atoms with E-state index in [1.807, 2.05) is 36.5 Å². The lowest BCUT2D eigenvalue weighted by Gasteiger charge is -2.11. The molecule has 98 valence electrons. The van der Waals surface area contributed by atoms with Crippen molar-refractivity contribution in [2.45, 2.75) is 0 Å². The number of hydrogen-bond donors (Lipinski definition) is 0. The Kier molecular flexibility index (Phi) is 4.72. The van der Waals surface area contributed by atoms with E-state index in [4.69, 9.17) is 11.6 Å². The highest BCUT2D eigenvalue weighted by Gasteiger charge is 2.05. The Morgan fingerprint density at radius 3 is 2.47 bits per heavy atom. The average Bonchev–Trinajstić information content (AvgIpc) is 2.42. The highest BCUT2D eigenvalue weighted by Crippen LogP contribution is 2.24. The second kappa shape index (κ2) is 6.50. The first-order valence-corrected chi connectivity index (χ1v) is 6.56. The number of aromatic nitrogens is 1. The van der Waals surface area contributed by atoms with Crippen LogP contribution in [0.5, 0.6) is 0 Å². The molecule has 0 unspecified atom stereocenters. The zero-order valence-corrected chi connectivity index (χ0v) is 11.9. The van der Waals surface area contributed by atoms with Gasteiger partial charge >= 0.3 is 0 Å². The standard InChI is InChI=1S/C16H17ClN2/c1-19(2)11-9-16(14-4-3-10-18-12-14)13-5-7-15(17)8-6-13/h3-10,12H,11H2,1-2H3/b16-9-. The lowest BCUT2D eigenvalue weighted by Crippen LogP contribution is -2.11. The molecule has 0 N–H and O–H groups in total. The number of rotatable bonds is 4. The number of benzene rings is 1. The molecule has 0 spiro atoms. The van der Waals surface area contributed by atoms with Crippen LogP contribution in [0, 0.1) is 0 Å². The molecule has 19 heavy (non-hydrogen) atoms. The van der Waals surface area contributed by atoms with Crippen LogP contribution < -0.4 is 0 Å². The van der Waals surface area contributed by atoms with Crippen molar-refractivity contribution >= 4 is 17.2 Å². The van der Waals surface area contributed by atoms with Gasteiger partial charge in [-0.05, 0) is 43.4 Å². The lowest BCUT2D eigenvalue weighted by atomic mass is 9.99. The van der Waals surface area contributed by atoms with E-state index in [9.17, 15) is 0 Å². The van der Waals surface area contributed by atoms with Gasteiger partial charge in [0, 0.05) is 29.5 Å². The number of pyridine rings is 1. The van der Waals surface area contributed by atoms with Crippen LogP contribution in [0.4, 0.5) is 0 Å². The summed E-state index contributed by atoms with van der Waals surface area (Å²) in [6.07, 6.45) is 5.88. The van der Waals surface area contributed by atoms with Gasteiger partial charge in [-0.2, -0.15) is 0 Å². The van der Waals surface area contributed by atoms with E-state index in [0.29, 0.717) is 0 Å². The molecule has 1 aromatic carbocycles. The number of hydrogen-bond acceptors (Lipinski definition) is 2. The maximum Gasteiger partial charge on any atom is 0.0406 e. The zero-order chi connectivity index (χ0) is 13.7. The summed E-state index contributed by atoms with van der Waals surface area (Å²) in [5, 5.41) is 0.752. The van der Waals surface area contributed by atoms with Crippen LogP contribution in [0.25, 0.3) is 5.57 Å². The Hall–Kier alpha value is -1.64. The van der Waals surface area contributed by atoms with Gasteiger partial charge in [0.25, 0.3) is 0 Å². The maximum atomic E-state index is 5.95. The van der Waals surface area contributed by atoms with Gasteiger partial charge in [0.05, 0.1) is 0 Å². The first-order chi connectivity index (χ1) is 9.16. The number of nitrogens with zero attached hydrogens (tertiary/aromatic N) is 2. The Labute approximate surface area is 119 Å². The molecule has 1 aromatic heterocycles. The molecule has 0 saturated heterocycles. The Morgan fingerprint density at radius 1 is 1.16 bits per heavy atom. The molecule has 0 atom stereocenters. The summed E-state index contributed by atoms with van der Waals surface area (Å²) in [7, 11) is 4.11. The molecular weight excluding hydrogens is 256 g/mol. The van der Waals surface area contributed by atoms with E-state index in [1.165, 1.54) is 5.57 Å². The zero-order valence-electron chi connectivity index (χ0n) is 11.2. The molecule has 1 heterocycles. The van der Waals surface area contributed by atoms with Crippen LogP contribution in [0.15, 0.2) is 54.9 Å². The fraction of sp³-hybridized carbons (Fsp3) is 0.188. The SMILES string of the molecule is CN(C)C/C=C(/c1ccc(Cl)cc1)c1cccnc1. The average molecular weight is 273 g/mol. The van der Waals surface area contributed by atoms with E-state index in [2.05, 4.69) is 36.1 Å². The molecule has 0 radical (unpaired) electrons. The quantitative estimate of drug-likeness (QED) is 0.843. The molecule has 0 saturated carbocycles. The van der Waals surface area contributed by atoms with Crippen molar-refractivity contribution < 1.29 is 0 Å². The Bertz CT molecular complexity index is 545. The third-order valence-electron chi connectivity index (χ3n) is 2.79. The Balaban J connectivity index is 2.40. The van der Waals surface area contributed by atoms with Crippen molar-refractivity contribution in [3.05, 3.63) is 71.0 Å². The second-order valence-corrected chi connectivity index (χ2v) is 5.07. The lowest BCUT2D eigenvalue weighted by molar-refractivity contribution is 0.457. The summed E-state index contributed by atoms with van der Waals surface area (Å²) >= 11 is 5.95. The monoisotopic (exact) mass is 272 g/mol. The van der Waals surface area contributed by atoms with Gasteiger partial charge in [-0.3, -0.25) is 4.98 Å². The minimum atomic E-state index is 0.752. The molecule has 2 nitrogen and oxygen atoms in total. The van der Waals surface area contributed by atoms with Crippen LogP contribution in [-0.2, 0) is 0 Å². The van der Waals surface area contributed by atoms with Crippen molar-refractivity contribution in [3.8, 4) is 0 Å². The van der Waals surface area contributed by atoms with Crippen LogP contribution in [0.1, 0.15) is 11.1 Å². The summed E-state index contributed by atoms with van der Waals surface area (Å²) in [4.78, 5) is 6.33. The number of likely N-dealkylation sites (N-methyl/N-ethyl adjacent to an activating group) is 1. The summed E-state index contributed by atoms with van der Waals surface area (Å²) in [6, 6.07) is 11.9. The molecule has 0 fully saturated rings. The van der Waals surface area contributed by atoms with Gasteiger partial charge in [-0.15, -0.1) is 0 Å². The van der Waals surface area contributed by atoms with E-state index >= 15 is 0 Å². The van der Waals surface area contributed by atoms with Gasteiger partial charge in [-0.25, -0.2) is 0 Å². The fourth-order valence-corrected chi connectivity index (χ4v) is 1.95. The van der Waals surface area contributed by atoms with Crippen molar-refractivity contribution in [2.24, 2.45) is 0 Å². The van der Waals surface area contributed by atoms with Gasteiger partial charge in [0.15, 0.2) is 0 Å². The van der Waals surface area contributed by atoms with Gasteiger partial charge in [0.2, 0.25) is 0 Å². The molecule has 2 aromatic rings. The van der Waals surface area contributed by atoms with E-state index in [1.54, 1.807) is 6.20 Å². The van der Waals surface area contributed by atoms with Crippen LogP contribution in [0.3, 0.4) is 0 Å². The molecule has 0 aliphatic rings. The molecule has 2 rings (SSSR count). The van der Waals surface area contributed by atoms with E-state index in [0.717, 1.165) is 22.7 Å². The molecule has 0 aliphatic heterocycles. The highest BCUT2D eigenvalue weighted by molar-refractivity contribution is 6.30. The van der Waals surface area contributed by atoms with E-state index < -0.39 is 0 Å². The smallest absolute Gasteiger partial charge is 0.0406 e. The molecule has 0 aliphatic carbocycles. The summed E-state index contributed by atoms with van der Waals surface area (Å²) < 4.78 is 0. The maximum absolute atomic E-state index is 5.95. The molecule has 0 amide bonds. The van der Waals surface area contributed by atoms with Crippen molar-refractivity contribution in [2.75, 3.05) is 20.6 Å². The third-order valence-corrected chi connectivity index (χ3v) is 3.04. The summed E-state index contributed by atoms with van der Waals surface area (Å²) in [6.45, 7) is 0.882. The minimum absolute atomic E-state index is 0.752. The minimum Gasteiger partial charge on any atom is -0.306 e. The molecule has 0 bridgehead atoms. The van der Waals surface area contributed by atoms with Crippen molar-refractivity contribution in [1.29, 1.82) is 0 Å². The largest absolute Gasteiger partial charge is 0.306 e. The Morgan fingerprint density at radius 2 is 1.89 bits per heavy atom. The highest BCUT2D eigenvalue weighted by atomic mass is 35.5. The van der Waals surface area contributed by atoms with Gasteiger partial charge in [-0.1, -0.05) is 35.9 Å². The topological polar surface area (TPSA) is 16.1 Å². The fourth-order valence-electron chi connectivity index (χ4n) is 1.83. The van der Waals surface area contributed by atoms with Crippen molar-refractivity contribution in [3.63, 3.8) is 0 Å². The van der Waals surface area contributed by atoms with Crippen LogP contribution in [0.2, 0.25) is 5.02 Å². The van der Waals surface area contributed by atoms with Gasteiger partial charge in [0.1, 0.15) is 0 Å². The van der Waals surface area contributed by atoms with Gasteiger partial charge < -0.3 is 4.90 Å². The second-order valence-electron chi connectivity index (χ2n) is 4.63. The third kappa shape index (κ3) is 3.91. The first kappa shape index (κ1) is 13.8. The molecule has 3 heteroatoms. The first-order valence-electron chi connectivity index (χ1n) is 6.18. The molecular formula is C16H17ClN2. The van der Waals surface area contributed by atoms with Crippen LogP contribution in [-0.4, -0.2) is 30.5 Å². The van der Waals surface area contributed by atoms with Crippen molar-refractivity contribution in [1.82, 2.24) is 9.88 Å².